The van der Waals surface area contributed by atoms with E-state index in [1.54, 1.807) is 42.5 Å². The summed E-state index contributed by atoms with van der Waals surface area (Å²) in [6.07, 6.45) is 0. The highest BCUT2D eigenvalue weighted by Gasteiger charge is 2.40. The molecule has 0 saturated heterocycles. The molecular formula is C26H23FN2O4. The van der Waals surface area contributed by atoms with Crippen molar-refractivity contribution in [2.45, 2.75) is 13.8 Å². The minimum Gasteiger partial charge on any atom is -0.490 e. The lowest BCUT2D eigenvalue weighted by atomic mass is 10.0. The molecule has 1 aliphatic rings. The molecule has 0 aliphatic carbocycles. The molecule has 2 amide bonds. The molecule has 168 valence electrons. The van der Waals surface area contributed by atoms with Crippen molar-refractivity contribution in [3.63, 3.8) is 0 Å². The van der Waals surface area contributed by atoms with E-state index in [-0.39, 0.29) is 17.0 Å². The highest BCUT2D eigenvalue weighted by molar-refractivity contribution is 6.46. The summed E-state index contributed by atoms with van der Waals surface area (Å²) < 4.78 is 25.1. The van der Waals surface area contributed by atoms with Gasteiger partial charge in [0.15, 0.2) is 11.5 Å². The van der Waals surface area contributed by atoms with Crippen LogP contribution in [0.1, 0.15) is 19.4 Å². The van der Waals surface area contributed by atoms with Crippen LogP contribution in [0.3, 0.4) is 0 Å². The number of benzene rings is 3. The first kappa shape index (κ1) is 22.1. The number of halogens is 1. The van der Waals surface area contributed by atoms with Gasteiger partial charge in [-0.3, -0.25) is 9.59 Å². The first-order valence-electron chi connectivity index (χ1n) is 10.6. The molecule has 7 heteroatoms. The van der Waals surface area contributed by atoms with Crippen molar-refractivity contribution in [1.29, 1.82) is 0 Å². The third-order valence-electron chi connectivity index (χ3n) is 5.03. The van der Waals surface area contributed by atoms with Crippen LogP contribution in [0.4, 0.5) is 15.8 Å². The van der Waals surface area contributed by atoms with Crippen LogP contribution >= 0.6 is 0 Å². The average Bonchev–Trinajstić information content (AvgIpc) is 3.05. The second-order valence-electron chi connectivity index (χ2n) is 7.19. The largest absolute Gasteiger partial charge is 0.490 e. The molecule has 0 fully saturated rings. The van der Waals surface area contributed by atoms with Gasteiger partial charge in [-0.15, -0.1) is 0 Å². The van der Waals surface area contributed by atoms with Crippen LogP contribution in [0, 0.1) is 5.82 Å². The highest BCUT2D eigenvalue weighted by Crippen LogP contribution is 2.36. The summed E-state index contributed by atoms with van der Waals surface area (Å²) in [6, 6.07) is 19.5. The SMILES string of the molecule is CCOc1ccc(NC2=C(c3ccccc3)C(=O)N(c3cccc(F)c3)C2=O)cc1OCC. The molecule has 1 aliphatic heterocycles. The van der Waals surface area contributed by atoms with Crippen molar-refractivity contribution in [3.8, 4) is 11.5 Å². The van der Waals surface area contributed by atoms with Gasteiger partial charge in [-0.25, -0.2) is 9.29 Å². The van der Waals surface area contributed by atoms with Crippen LogP contribution in [0.2, 0.25) is 0 Å². The second kappa shape index (κ2) is 9.56. The molecule has 0 radical (unpaired) electrons. The number of carbonyl (C=O) groups is 2. The number of nitrogens with zero attached hydrogens (tertiary/aromatic N) is 1. The number of ether oxygens (including phenoxy) is 2. The fourth-order valence-corrected chi connectivity index (χ4v) is 3.64. The number of rotatable bonds is 8. The number of hydrogen-bond acceptors (Lipinski definition) is 5. The molecule has 1 N–H and O–H groups in total. The van der Waals surface area contributed by atoms with Gasteiger partial charge in [-0.1, -0.05) is 36.4 Å². The first-order chi connectivity index (χ1) is 16.0. The van der Waals surface area contributed by atoms with Crippen LogP contribution in [0.25, 0.3) is 5.57 Å². The van der Waals surface area contributed by atoms with E-state index < -0.39 is 17.6 Å². The summed E-state index contributed by atoms with van der Waals surface area (Å²) in [7, 11) is 0. The summed E-state index contributed by atoms with van der Waals surface area (Å²) in [5.74, 6) is -0.544. The van der Waals surface area contributed by atoms with E-state index >= 15 is 0 Å². The zero-order valence-electron chi connectivity index (χ0n) is 18.3. The number of amides is 2. The normalized spacial score (nSPS) is 13.5. The molecule has 3 aromatic carbocycles. The molecule has 6 nitrogen and oxygen atoms in total. The Balaban J connectivity index is 1.78. The predicted molar refractivity (Wildman–Crippen MR) is 125 cm³/mol. The lowest BCUT2D eigenvalue weighted by Gasteiger charge is -2.16. The molecule has 33 heavy (non-hydrogen) atoms. The summed E-state index contributed by atoms with van der Waals surface area (Å²) in [6.45, 7) is 4.66. The van der Waals surface area contributed by atoms with Gasteiger partial charge in [-0.2, -0.15) is 0 Å². The van der Waals surface area contributed by atoms with E-state index in [9.17, 15) is 14.0 Å². The zero-order valence-corrected chi connectivity index (χ0v) is 18.3. The number of carbonyl (C=O) groups excluding carboxylic acids is 2. The predicted octanol–water partition coefficient (Wildman–Crippen LogP) is 5.02. The minimum absolute atomic E-state index is 0.0991. The molecule has 0 bridgehead atoms. The highest BCUT2D eigenvalue weighted by atomic mass is 19.1. The summed E-state index contributed by atoms with van der Waals surface area (Å²) in [5, 5.41) is 3.09. The maximum absolute atomic E-state index is 13.9. The molecule has 0 saturated carbocycles. The first-order valence-corrected chi connectivity index (χ1v) is 10.6. The molecule has 0 aromatic heterocycles. The van der Waals surface area contributed by atoms with Gasteiger partial charge in [0.25, 0.3) is 11.8 Å². The van der Waals surface area contributed by atoms with Gasteiger partial charge in [0.2, 0.25) is 0 Å². The molecule has 0 atom stereocenters. The van der Waals surface area contributed by atoms with E-state index in [0.717, 1.165) is 11.0 Å². The second-order valence-corrected chi connectivity index (χ2v) is 7.19. The molecule has 3 aromatic rings. The average molecular weight is 446 g/mol. The maximum atomic E-state index is 13.9. The van der Waals surface area contributed by atoms with Crippen LogP contribution in [0.15, 0.2) is 78.5 Å². The van der Waals surface area contributed by atoms with Crippen molar-refractivity contribution in [2.24, 2.45) is 0 Å². The Labute approximate surface area is 191 Å². The van der Waals surface area contributed by atoms with Gasteiger partial charge >= 0.3 is 0 Å². The summed E-state index contributed by atoms with van der Waals surface area (Å²) in [4.78, 5) is 27.8. The van der Waals surface area contributed by atoms with Crippen LogP contribution in [0.5, 0.6) is 11.5 Å². The minimum atomic E-state index is -0.573. The van der Waals surface area contributed by atoms with Crippen LogP contribution in [-0.4, -0.2) is 25.0 Å². The van der Waals surface area contributed by atoms with E-state index in [0.29, 0.717) is 36.0 Å². The van der Waals surface area contributed by atoms with Gasteiger partial charge in [0.1, 0.15) is 11.5 Å². The standard InChI is InChI=1S/C26H23FN2O4/c1-3-32-21-14-13-19(16-22(21)33-4-2)28-24-23(17-9-6-5-7-10-17)25(30)29(26(24)31)20-12-8-11-18(27)15-20/h5-16,28H,3-4H2,1-2H3. The third-order valence-corrected chi connectivity index (χ3v) is 5.03. The van der Waals surface area contributed by atoms with Crippen molar-refractivity contribution in [3.05, 3.63) is 89.9 Å². The number of imide groups is 1. The lowest BCUT2D eigenvalue weighted by Crippen LogP contribution is -2.32. The molecule has 0 unspecified atom stereocenters. The summed E-state index contributed by atoms with van der Waals surface area (Å²) in [5.41, 5.74) is 1.59. The monoisotopic (exact) mass is 446 g/mol. The van der Waals surface area contributed by atoms with E-state index in [2.05, 4.69) is 5.32 Å². The molecular weight excluding hydrogens is 423 g/mol. The quantitative estimate of drug-likeness (QED) is 0.492. The Morgan fingerprint density at radius 3 is 2.24 bits per heavy atom. The lowest BCUT2D eigenvalue weighted by molar-refractivity contribution is -0.120. The fraction of sp³-hybridized carbons (Fsp3) is 0.154. The number of anilines is 2. The zero-order chi connectivity index (χ0) is 23.4. The van der Waals surface area contributed by atoms with Crippen LogP contribution in [-0.2, 0) is 9.59 Å². The van der Waals surface area contributed by atoms with Crippen LogP contribution < -0.4 is 19.7 Å². The molecule has 1 heterocycles. The van der Waals surface area contributed by atoms with Crippen molar-refractivity contribution in [1.82, 2.24) is 0 Å². The topological polar surface area (TPSA) is 67.9 Å². The van der Waals surface area contributed by atoms with Gasteiger partial charge in [0.05, 0.1) is 24.5 Å². The van der Waals surface area contributed by atoms with Gasteiger partial charge < -0.3 is 14.8 Å². The maximum Gasteiger partial charge on any atom is 0.282 e. The van der Waals surface area contributed by atoms with Crippen molar-refractivity contribution < 1.29 is 23.5 Å². The van der Waals surface area contributed by atoms with Crippen molar-refractivity contribution in [2.75, 3.05) is 23.4 Å². The molecule has 4 rings (SSSR count). The number of hydrogen-bond donors (Lipinski definition) is 1. The third kappa shape index (κ3) is 4.43. The van der Waals surface area contributed by atoms with E-state index in [1.165, 1.54) is 18.2 Å². The van der Waals surface area contributed by atoms with Gasteiger partial charge in [0, 0.05) is 11.8 Å². The number of nitrogens with one attached hydrogen (secondary N) is 1. The van der Waals surface area contributed by atoms with E-state index in [1.807, 2.05) is 19.9 Å². The van der Waals surface area contributed by atoms with Gasteiger partial charge in [-0.05, 0) is 49.7 Å². The van der Waals surface area contributed by atoms with E-state index in [4.69, 9.17) is 9.47 Å². The smallest absolute Gasteiger partial charge is 0.282 e. The Morgan fingerprint density at radius 1 is 0.818 bits per heavy atom. The fourth-order valence-electron chi connectivity index (χ4n) is 3.64. The Kier molecular flexibility index (Phi) is 6.40. The Bertz CT molecular complexity index is 1220. The Hall–Kier alpha value is -4.13. The Morgan fingerprint density at radius 2 is 1.55 bits per heavy atom. The molecule has 0 spiro atoms. The van der Waals surface area contributed by atoms with Crippen molar-refractivity contribution >= 4 is 28.8 Å². The summed E-state index contributed by atoms with van der Waals surface area (Å²) >= 11 is 0.